The summed E-state index contributed by atoms with van der Waals surface area (Å²) in [6.45, 7) is 1.81. The van der Waals surface area contributed by atoms with Crippen molar-refractivity contribution in [2.24, 2.45) is 0 Å². The van der Waals surface area contributed by atoms with E-state index in [0.717, 1.165) is 5.56 Å². The quantitative estimate of drug-likeness (QED) is 0.791. The van der Waals surface area contributed by atoms with Crippen LogP contribution in [0.25, 0.3) is 11.3 Å². The highest BCUT2D eigenvalue weighted by Crippen LogP contribution is 2.22. The Morgan fingerprint density at radius 1 is 1.45 bits per heavy atom. The van der Waals surface area contributed by atoms with E-state index in [1.165, 1.54) is 6.20 Å². The number of benzene rings is 1. The molecule has 20 heavy (non-hydrogen) atoms. The summed E-state index contributed by atoms with van der Waals surface area (Å²) >= 11 is 5.85. The molecule has 1 heterocycles. The van der Waals surface area contributed by atoms with Gasteiger partial charge in [-0.3, -0.25) is 9.89 Å². The monoisotopic (exact) mass is 293 g/mol. The molecule has 0 saturated heterocycles. The second kappa shape index (κ2) is 6.54. The fraction of sp³-hybridized carbons (Fsp3) is 0.286. The van der Waals surface area contributed by atoms with Crippen molar-refractivity contribution in [3.63, 3.8) is 0 Å². The first-order valence-corrected chi connectivity index (χ1v) is 6.74. The van der Waals surface area contributed by atoms with E-state index in [2.05, 4.69) is 15.5 Å². The molecule has 1 unspecified atom stereocenters. The van der Waals surface area contributed by atoms with Gasteiger partial charge < -0.3 is 10.4 Å². The summed E-state index contributed by atoms with van der Waals surface area (Å²) in [6.07, 6.45) is 2.14. The van der Waals surface area contributed by atoms with Crippen molar-refractivity contribution in [1.82, 2.24) is 15.5 Å². The first-order valence-electron chi connectivity index (χ1n) is 6.36. The Hall–Kier alpha value is -1.85. The molecule has 3 N–H and O–H groups in total. The maximum atomic E-state index is 12.2. The van der Waals surface area contributed by atoms with Crippen LogP contribution in [0.3, 0.4) is 0 Å². The Balaban J connectivity index is 2.24. The van der Waals surface area contributed by atoms with Gasteiger partial charge in [-0.05, 0) is 18.6 Å². The van der Waals surface area contributed by atoms with Gasteiger partial charge in [-0.2, -0.15) is 5.10 Å². The number of rotatable bonds is 5. The van der Waals surface area contributed by atoms with E-state index in [0.29, 0.717) is 22.7 Å². The zero-order valence-electron chi connectivity index (χ0n) is 11.1. The summed E-state index contributed by atoms with van der Waals surface area (Å²) in [5.41, 5.74) is 1.90. The van der Waals surface area contributed by atoms with Gasteiger partial charge in [0.1, 0.15) is 0 Å². The maximum absolute atomic E-state index is 12.2. The molecule has 0 saturated carbocycles. The van der Waals surface area contributed by atoms with Crippen LogP contribution in [0.1, 0.15) is 23.7 Å². The number of hydrogen-bond donors (Lipinski definition) is 3. The fourth-order valence-corrected chi connectivity index (χ4v) is 1.96. The van der Waals surface area contributed by atoms with Gasteiger partial charge in [0, 0.05) is 10.6 Å². The predicted molar refractivity (Wildman–Crippen MR) is 77.7 cm³/mol. The second-order valence-electron chi connectivity index (χ2n) is 4.43. The smallest absolute Gasteiger partial charge is 0.255 e. The van der Waals surface area contributed by atoms with E-state index in [1.807, 2.05) is 19.1 Å². The lowest BCUT2D eigenvalue weighted by molar-refractivity contribution is 0.0915. The molecule has 2 aromatic rings. The van der Waals surface area contributed by atoms with Crippen molar-refractivity contribution in [2.45, 2.75) is 19.4 Å². The average molecular weight is 294 g/mol. The molecular weight excluding hydrogens is 278 g/mol. The topological polar surface area (TPSA) is 78.0 Å². The largest absolute Gasteiger partial charge is 0.394 e. The first kappa shape index (κ1) is 14.6. The minimum absolute atomic E-state index is 0.0869. The number of amides is 1. The van der Waals surface area contributed by atoms with Crippen LogP contribution in [0.15, 0.2) is 30.5 Å². The van der Waals surface area contributed by atoms with E-state index >= 15 is 0 Å². The van der Waals surface area contributed by atoms with Crippen LogP contribution in [-0.4, -0.2) is 33.9 Å². The number of aliphatic hydroxyl groups is 1. The Morgan fingerprint density at radius 3 is 2.75 bits per heavy atom. The van der Waals surface area contributed by atoms with E-state index in [-0.39, 0.29) is 18.6 Å². The normalized spacial score (nSPS) is 12.2. The maximum Gasteiger partial charge on any atom is 0.255 e. The van der Waals surface area contributed by atoms with Crippen molar-refractivity contribution < 1.29 is 9.90 Å². The van der Waals surface area contributed by atoms with Gasteiger partial charge in [0.05, 0.1) is 30.1 Å². The molecule has 106 valence electrons. The van der Waals surface area contributed by atoms with Gasteiger partial charge in [-0.1, -0.05) is 30.7 Å². The van der Waals surface area contributed by atoms with Gasteiger partial charge >= 0.3 is 0 Å². The number of H-pyrrole nitrogens is 1. The first-order chi connectivity index (χ1) is 9.65. The number of aliphatic hydroxyl groups excluding tert-OH is 1. The Kier molecular flexibility index (Phi) is 4.76. The van der Waals surface area contributed by atoms with Crippen molar-refractivity contribution in [3.8, 4) is 11.3 Å². The van der Waals surface area contributed by atoms with Gasteiger partial charge in [0.2, 0.25) is 0 Å². The molecular formula is C14H16ClN3O2. The number of aromatic amines is 1. The minimum Gasteiger partial charge on any atom is -0.394 e. The number of nitrogens with zero attached hydrogens (tertiary/aromatic N) is 1. The number of halogens is 1. The van der Waals surface area contributed by atoms with Crippen molar-refractivity contribution in [3.05, 3.63) is 41.0 Å². The van der Waals surface area contributed by atoms with E-state index < -0.39 is 0 Å². The molecule has 1 aromatic heterocycles. The zero-order valence-corrected chi connectivity index (χ0v) is 11.8. The van der Waals surface area contributed by atoms with Crippen LogP contribution in [-0.2, 0) is 0 Å². The van der Waals surface area contributed by atoms with Gasteiger partial charge in [0.25, 0.3) is 5.91 Å². The molecule has 0 spiro atoms. The van der Waals surface area contributed by atoms with Crippen LogP contribution in [0.5, 0.6) is 0 Å². The SMILES string of the molecule is CCC(CO)NC(=O)c1cn[nH]c1-c1ccc(Cl)cc1. The number of carbonyl (C=O) groups is 1. The number of nitrogens with one attached hydrogen (secondary N) is 2. The van der Waals surface area contributed by atoms with Crippen LogP contribution < -0.4 is 5.32 Å². The lowest BCUT2D eigenvalue weighted by atomic mass is 10.1. The fourth-order valence-electron chi connectivity index (χ4n) is 1.83. The van der Waals surface area contributed by atoms with Crippen LogP contribution in [0.2, 0.25) is 5.02 Å². The Labute approximate surface area is 122 Å². The number of aromatic nitrogens is 2. The summed E-state index contributed by atoms with van der Waals surface area (Å²) in [6, 6.07) is 6.88. The Bertz CT molecular complexity index is 576. The number of hydrogen-bond acceptors (Lipinski definition) is 3. The summed E-state index contributed by atoms with van der Waals surface area (Å²) in [4.78, 5) is 12.2. The molecule has 5 nitrogen and oxygen atoms in total. The summed E-state index contributed by atoms with van der Waals surface area (Å²) in [5, 5.41) is 19.3. The highest BCUT2D eigenvalue weighted by atomic mass is 35.5. The highest BCUT2D eigenvalue weighted by Gasteiger charge is 2.17. The molecule has 1 aromatic carbocycles. The third-order valence-corrected chi connectivity index (χ3v) is 3.32. The lowest BCUT2D eigenvalue weighted by Crippen LogP contribution is -2.37. The van der Waals surface area contributed by atoms with Crippen LogP contribution >= 0.6 is 11.6 Å². The van der Waals surface area contributed by atoms with Gasteiger partial charge in [-0.25, -0.2) is 0 Å². The summed E-state index contributed by atoms with van der Waals surface area (Å²) < 4.78 is 0. The molecule has 6 heteroatoms. The Morgan fingerprint density at radius 2 is 2.15 bits per heavy atom. The summed E-state index contributed by atoms with van der Waals surface area (Å²) in [5.74, 6) is -0.260. The highest BCUT2D eigenvalue weighted by molar-refractivity contribution is 6.30. The summed E-state index contributed by atoms with van der Waals surface area (Å²) in [7, 11) is 0. The minimum atomic E-state index is -0.260. The molecule has 0 aliphatic heterocycles. The molecule has 0 fully saturated rings. The van der Waals surface area contributed by atoms with Gasteiger partial charge in [-0.15, -0.1) is 0 Å². The average Bonchev–Trinajstić information content (AvgIpc) is 2.94. The zero-order chi connectivity index (χ0) is 14.5. The standard InChI is InChI=1S/C14H16ClN3O2/c1-2-11(8-19)17-14(20)12-7-16-18-13(12)9-3-5-10(15)6-4-9/h3-7,11,19H,2,8H2,1H3,(H,16,18)(H,17,20). The predicted octanol–water partition coefficient (Wildman–Crippen LogP) is 2.23. The second-order valence-corrected chi connectivity index (χ2v) is 4.86. The third kappa shape index (κ3) is 3.18. The lowest BCUT2D eigenvalue weighted by Gasteiger charge is -2.13. The van der Waals surface area contributed by atoms with Crippen LogP contribution in [0, 0.1) is 0 Å². The molecule has 0 aliphatic rings. The van der Waals surface area contributed by atoms with Gasteiger partial charge in [0.15, 0.2) is 0 Å². The molecule has 1 atom stereocenters. The van der Waals surface area contributed by atoms with Crippen molar-refractivity contribution in [1.29, 1.82) is 0 Å². The molecule has 0 aliphatic carbocycles. The van der Waals surface area contributed by atoms with E-state index in [9.17, 15) is 4.79 Å². The van der Waals surface area contributed by atoms with E-state index in [4.69, 9.17) is 16.7 Å². The van der Waals surface area contributed by atoms with E-state index in [1.54, 1.807) is 12.1 Å². The van der Waals surface area contributed by atoms with Crippen molar-refractivity contribution in [2.75, 3.05) is 6.61 Å². The molecule has 2 rings (SSSR count). The number of carbonyl (C=O) groups excluding carboxylic acids is 1. The van der Waals surface area contributed by atoms with Crippen molar-refractivity contribution >= 4 is 17.5 Å². The third-order valence-electron chi connectivity index (χ3n) is 3.07. The van der Waals surface area contributed by atoms with Crippen LogP contribution in [0.4, 0.5) is 0 Å². The molecule has 1 amide bonds. The molecule has 0 radical (unpaired) electrons. The molecule has 0 bridgehead atoms.